The molecular weight excluding hydrogens is 446 g/mol. The summed E-state index contributed by atoms with van der Waals surface area (Å²) in [5.41, 5.74) is -2.93. The second kappa shape index (κ2) is 12.0. The first-order valence-corrected chi connectivity index (χ1v) is 17.3. The quantitative estimate of drug-likeness (QED) is 0.272. The molecule has 0 amide bonds. The first kappa shape index (κ1) is 30.4. The molecule has 0 aromatic heterocycles. The Kier molecular flexibility index (Phi) is 11.4. The number of carboxylic acids is 2. The summed E-state index contributed by atoms with van der Waals surface area (Å²) in [5, 5.41) is 50.7. The zero-order valence-corrected chi connectivity index (χ0v) is 22.5. The van der Waals surface area contributed by atoms with Gasteiger partial charge in [-0.2, -0.15) is 20.8 Å². The maximum atomic E-state index is 11.6. The van der Waals surface area contributed by atoms with Gasteiger partial charge in [0.25, 0.3) is 0 Å². The third-order valence-corrected chi connectivity index (χ3v) is 8.42. The Labute approximate surface area is 194 Å². The van der Waals surface area contributed by atoms with Crippen LogP contribution in [0.3, 0.4) is 0 Å². The lowest BCUT2D eigenvalue weighted by Gasteiger charge is -2.28. The van der Waals surface area contributed by atoms with Gasteiger partial charge >= 0.3 is 0 Å². The van der Waals surface area contributed by atoms with Crippen LogP contribution in [0.1, 0.15) is 39.5 Å². The van der Waals surface area contributed by atoms with Crippen molar-refractivity contribution in [3.05, 3.63) is 0 Å². The molecule has 0 aliphatic heterocycles. The van der Waals surface area contributed by atoms with Crippen molar-refractivity contribution in [2.45, 2.75) is 50.6 Å². The normalized spacial score (nSPS) is 18.1. The highest BCUT2D eigenvalue weighted by atomic mass is 31.2. The molecule has 0 aromatic carbocycles. The van der Waals surface area contributed by atoms with Crippen LogP contribution in [-0.4, -0.2) is 75.3 Å². The fourth-order valence-corrected chi connectivity index (χ4v) is 5.26. The maximum absolute atomic E-state index is 11.6. The lowest BCUT2D eigenvalue weighted by Crippen LogP contribution is -2.38. The number of azo groups is 1. The number of aliphatic carboxylic acids is 2. The minimum atomic E-state index is -1.47. The van der Waals surface area contributed by atoms with E-state index in [0.717, 1.165) is 12.3 Å². The number of hydrogen-bond donors (Lipinski definition) is 0. The monoisotopic (exact) mass is 484 g/mol. The van der Waals surface area contributed by atoms with E-state index in [1.54, 1.807) is 0 Å². The van der Waals surface area contributed by atoms with E-state index in [-0.39, 0.29) is 12.8 Å². The molecule has 0 spiro atoms. The van der Waals surface area contributed by atoms with Crippen LogP contribution in [0.2, 0.25) is 0 Å². The van der Waals surface area contributed by atoms with Crippen LogP contribution in [0.25, 0.3) is 0 Å². The van der Waals surface area contributed by atoms with Gasteiger partial charge in [-0.15, -0.1) is 0 Å². The molecule has 0 saturated carbocycles. The van der Waals surface area contributed by atoms with Gasteiger partial charge in [-0.05, 0) is 39.5 Å². The summed E-state index contributed by atoms with van der Waals surface area (Å²) < 4.78 is 0. The number of nitrogens with zero attached hydrogens (tertiary/aromatic N) is 4. The van der Waals surface area contributed by atoms with Gasteiger partial charge < -0.3 is 19.8 Å². The van der Waals surface area contributed by atoms with Gasteiger partial charge in [-0.3, -0.25) is 0 Å². The van der Waals surface area contributed by atoms with Gasteiger partial charge in [-0.1, -0.05) is 0 Å². The number of rotatable bonds is 14. The van der Waals surface area contributed by atoms with Crippen LogP contribution in [0.4, 0.5) is 0 Å². The molecule has 0 radical (unpaired) electrons. The number of hydrogen-bond acceptors (Lipinski definition) is 8. The maximum Gasteiger partial charge on any atom is 0.165 e. The summed E-state index contributed by atoms with van der Waals surface area (Å²) in [7, 11) is -2.41. The smallest absolute Gasteiger partial charge is 0.165 e. The largest absolute Gasteiger partial charge is 0.550 e. The van der Waals surface area contributed by atoms with Crippen LogP contribution >= 0.6 is 14.5 Å². The van der Waals surface area contributed by atoms with Crippen LogP contribution in [0.15, 0.2) is 10.2 Å². The van der Waals surface area contributed by atoms with Crippen molar-refractivity contribution in [1.29, 1.82) is 10.5 Å². The number of carboxylic acid groups (broad SMARTS) is 2. The molecule has 0 aliphatic carbocycles. The van der Waals surface area contributed by atoms with Gasteiger partial charge in [0.05, 0.1) is 24.5 Å². The number of carbonyl (C=O) groups is 2. The predicted octanol–water partition coefficient (Wildman–Crippen LogP) is 2.11. The molecule has 4 atom stereocenters. The molecule has 0 rings (SSSR count). The Morgan fingerprint density at radius 1 is 0.781 bits per heavy atom. The molecular formula is C22H38N4O4P2. The van der Waals surface area contributed by atoms with E-state index in [1.165, 1.54) is 13.8 Å². The molecule has 180 valence electrons. The van der Waals surface area contributed by atoms with Gasteiger partial charge in [0, 0.05) is 78.3 Å². The minimum absolute atomic E-state index is 0.0880. The average Bonchev–Trinajstić information content (AvgIpc) is 2.65. The van der Waals surface area contributed by atoms with Gasteiger partial charge in [-0.25, -0.2) is 0 Å². The topological polar surface area (TPSA) is 153 Å². The molecule has 0 fully saturated rings. The van der Waals surface area contributed by atoms with Crippen LogP contribution in [-0.2, 0) is 9.59 Å². The Morgan fingerprint density at radius 2 is 1.06 bits per heavy atom. The first-order valence-electron chi connectivity index (χ1n) is 10.6. The van der Waals surface area contributed by atoms with Crippen LogP contribution in [0.5, 0.6) is 0 Å². The zero-order valence-electron chi connectivity index (χ0n) is 20.7. The summed E-state index contributed by atoms with van der Waals surface area (Å²) >= 11 is 0. The highest BCUT2D eigenvalue weighted by Crippen LogP contribution is 2.48. The Bertz CT molecular complexity index is 713. The van der Waals surface area contributed by atoms with E-state index < -0.39 is 49.4 Å². The first-order chi connectivity index (χ1) is 14.4. The molecule has 0 aliphatic rings. The van der Waals surface area contributed by atoms with Crippen molar-refractivity contribution in [2.75, 3.05) is 52.3 Å². The van der Waals surface area contributed by atoms with Crippen molar-refractivity contribution >= 4 is 26.5 Å². The highest BCUT2D eigenvalue weighted by molar-refractivity contribution is 7.74. The second-order valence-corrected chi connectivity index (χ2v) is 21.1. The van der Waals surface area contributed by atoms with Crippen molar-refractivity contribution in [2.24, 2.45) is 22.1 Å². The second-order valence-electron chi connectivity index (χ2n) is 11.0. The fourth-order valence-electron chi connectivity index (χ4n) is 3.09. The average molecular weight is 485 g/mol. The minimum Gasteiger partial charge on any atom is -0.550 e. The standard InChI is InChI=1S/C22H38N4O4P2/c1-21(15-23,13-17(19(27)28)9-11-31(3,4)5)25-26-22(2,16-24)14-18(20(29)30)10-12-32(6,7)8/h17-18H,9-14H2,1-8H3. The highest BCUT2D eigenvalue weighted by Gasteiger charge is 2.35. The summed E-state index contributed by atoms with van der Waals surface area (Å²) in [6, 6.07) is 4.01. The molecule has 32 heavy (non-hydrogen) atoms. The molecule has 0 saturated heterocycles. The van der Waals surface area contributed by atoms with Gasteiger partial charge in [0.15, 0.2) is 11.1 Å². The van der Waals surface area contributed by atoms with E-state index >= 15 is 0 Å². The molecule has 10 heteroatoms. The third-order valence-electron chi connectivity index (χ3n) is 5.22. The Morgan fingerprint density at radius 3 is 1.25 bits per heavy atom. The van der Waals surface area contributed by atoms with E-state index in [9.17, 15) is 30.3 Å². The van der Waals surface area contributed by atoms with E-state index in [4.69, 9.17) is 0 Å². The summed E-state index contributed by atoms with van der Waals surface area (Å²) in [6.45, 7) is 15.6. The number of carbonyl (C=O) groups excluding carboxylic acids is 2. The molecule has 0 bridgehead atoms. The SMILES string of the molecule is CC(C#N)(CC(CC[P+](C)(C)C)C(=O)[O-])N=NC(C)(C#N)CC(CC[P+](C)(C)C)C(=O)[O-]. The molecule has 8 nitrogen and oxygen atoms in total. The number of nitriles is 2. The van der Waals surface area contributed by atoms with Crippen molar-refractivity contribution in [3.8, 4) is 12.1 Å². The van der Waals surface area contributed by atoms with Crippen molar-refractivity contribution in [1.82, 2.24) is 0 Å². The Balaban J connectivity index is 5.58. The zero-order chi connectivity index (χ0) is 25.4. The molecule has 0 heterocycles. The van der Waals surface area contributed by atoms with Crippen molar-refractivity contribution < 1.29 is 19.8 Å². The molecule has 0 aromatic rings. The van der Waals surface area contributed by atoms with Gasteiger partial charge in [0.1, 0.15) is 0 Å². The lowest BCUT2D eigenvalue weighted by atomic mass is 9.88. The summed E-state index contributed by atoms with van der Waals surface area (Å²) in [6.07, 6.45) is 2.06. The van der Waals surface area contributed by atoms with E-state index in [0.29, 0.717) is 12.8 Å². The van der Waals surface area contributed by atoms with Crippen molar-refractivity contribution in [3.63, 3.8) is 0 Å². The van der Waals surface area contributed by atoms with Crippen LogP contribution < -0.4 is 10.2 Å². The fraction of sp³-hybridized carbons (Fsp3) is 0.818. The van der Waals surface area contributed by atoms with Crippen LogP contribution in [0, 0.1) is 34.5 Å². The predicted molar refractivity (Wildman–Crippen MR) is 127 cm³/mol. The summed E-state index contributed by atoms with van der Waals surface area (Å²) in [5.74, 6) is -4.20. The van der Waals surface area contributed by atoms with Gasteiger partial charge in [0.2, 0.25) is 0 Å². The summed E-state index contributed by atoms with van der Waals surface area (Å²) in [4.78, 5) is 23.3. The lowest BCUT2D eigenvalue weighted by molar-refractivity contribution is -0.313. The molecule has 4 unspecified atom stereocenters. The Hall–Kier alpha value is -1.62. The van der Waals surface area contributed by atoms with E-state index in [1.807, 2.05) is 12.1 Å². The third kappa shape index (κ3) is 12.4. The van der Waals surface area contributed by atoms with E-state index in [2.05, 4.69) is 50.2 Å². The molecule has 0 N–H and O–H groups in total.